The maximum absolute atomic E-state index is 14.1. The molecule has 0 spiro atoms. The summed E-state index contributed by atoms with van der Waals surface area (Å²) in [6, 6.07) is -3.84. The summed E-state index contributed by atoms with van der Waals surface area (Å²) in [4.78, 5) is 135. The number of H-pyrrole nitrogens is 1. The zero-order valence-electron chi connectivity index (χ0n) is 42.0. The molecule has 7 amide bonds. The second kappa shape index (κ2) is 29.5. The molecule has 0 aliphatic heterocycles. The molecule has 0 saturated carbocycles. The Morgan fingerprint density at radius 2 is 1.04 bits per heavy atom. The fraction of sp³-hybridized carbons (Fsp3) is 0.625. The molecule has 0 radical (unpaired) electrons. The van der Waals surface area contributed by atoms with Crippen molar-refractivity contribution in [3.63, 3.8) is 0 Å². The molecule has 2 aromatic rings. The molecule has 396 valence electrons. The van der Waals surface area contributed by atoms with E-state index in [2.05, 4.69) is 42.2 Å². The summed E-state index contributed by atoms with van der Waals surface area (Å²) >= 11 is 0. The van der Waals surface area contributed by atoms with Gasteiger partial charge in [-0.05, 0) is 80.4 Å². The van der Waals surface area contributed by atoms with Crippen LogP contribution < -0.4 is 48.7 Å². The lowest BCUT2D eigenvalue weighted by molar-refractivity contribution is -0.144. The molecule has 9 unspecified atom stereocenters. The normalized spacial score (nSPS) is 15.2. The van der Waals surface area contributed by atoms with Crippen LogP contribution in [0.1, 0.15) is 112 Å². The van der Waals surface area contributed by atoms with Crippen molar-refractivity contribution in [2.75, 3.05) is 6.54 Å². The SMILES string of the molecule is CCC(C)C(NC(=O)C(CCCCN)NC(=O)C(NC(=O)C(N)Cc1c[nH]c2ccccc12)C(C)C)C(=O)NC(CC(=O)O)C(=O)NC(CC(C)C)C(=O)NC(CC(=O)O)C(=O)NC(CC(C)C)C(=O)O. The standard InChI is InChI=1S/C48H76N10O13/c1-9-27(8)40(58-42(64)32(16-12-13-17-49)52-46(68)39(26(6)7)57-41(63)30(50)20-28-23-51-31-15-11-10-14-29(28)31)47(69)55-35(22-38(61)62)44(66)53-33(18-24(2)3)43(65)54-34(21-37(59)60)45(67)56-36(48(70)71)19-25(4)5/h10-11,14-15,23-27,30,32-36,39-40,51H,9,12-13,16-22,49-50H2,1-8H3,(H,52,68)(H,53,66)(H,54,65)(H,55,69)(H,56,67)(H,57,63)(H,58,64)(H,59,60)(H,61,62)(H,70,71). The fourth-order valence-corrected chi connectivity index (χ4v) is 7.65. The van der Waals surface area contributed by atoms with E-state index in [0.717, 1.165) is 16.5 Å². The first kappa shape index (κ1) is 60.5. The number of carboxylic acids is 3. The van der Waals surface area contributed by atoms with Crippen LogP contribution in [0.2, 0.25) is 0 Å². The molecule has 0 aliphatic carbocycles. The summed E-state index contributed by atoms with van der Waals surface area (Å²) in [5.74, 6) is -12.4. The van der Waals surface area contributed by atoms with Crippen LogP contribution in [0.4, 0.5) is 0 Å². The van der Waals surface area contributed by atoms with Gasteiger partial charge in [0.25, 0.3) is 0 Å². The molecule has 23 heteroatoms. The van der Waals surface area contributed by atoms with E-state index in [9.17, 15) is 63.3 Å². The Morgan fingerprint density at radius 1 is 0.577 bits per heavy atom. The van der Waals surface area contributed by atoms with E-state index in [0.29, 0.717) is 19.3 Å². The molecule has 15 N–H and O–H groups in total. The van der Waals surface area contributed by atoms with Gasteiger partial charge in [-0.15, -0.1) is 0 Å². The fourth-order valence-electron chi connectivity index (χ4n) is 7.65. The van der Waals surface area contributed by atoms with Crippen LogP contribution in [0.5, 0.6) is 0 Å². The van der Waals surface area contributed by atoms with Crippen molar-refractivity contribution >= 4 is 70.2 Å². The number of carboxylic acid groups (broad SMARTS) is 3. The number of rotatable bonds is 32. The van der Waals surface area contributed by atoms with Gasteiger partial charge in [-0.1, -0.05) is 80.0 Å². The predicted octanol–water partition coefficient (Wildman–Crippen LogP) is 0.389. The molecule has 23 nitrogen and oxygen atoms in total. The van der Waals surface area contributed by atoms with E-state index >= 15 is 0 Å². The van der Waals surface area contributed by atoms with Gasteiger partial charge in [0.2, 0.25) is 41.4 Å². The molecule has 0 bridgehead atoms. The third-order valence-electron chi connectivity index (χ3n) is 11.8. The number of aliphatic carboxylic acids is 3. The van der Waals surface area contributed by atoms with Crippen molar-refractivity contribution < 1.29 is 63.3 Å². The predicted molar refractivity (Wildman–Crippen MR) is 262 cm³/mol. The largest absolute Gasteiger partial charge is 0.481 e. The first-order valence-corrected chi connectivity index (χ1v) is 24.1. The van der Waals surface area contributed by atoms with Crippen LogP contribution in [0.3, 0.4) is 0 Å². The number of unbranched alkanes of at least 4 members (excludes halogenated alkanes) is 1. The van der Waals surface area contributed by atoms with Gasteiger partial charge in [0.15, 0.2) is 0 Å². The number of nitrogens with two attached hydrogens (primary N) is 2. The Kier molecular flexibility index (Phi) is 25.2. The zero-order valence-corrected chi connectivity index (χ0v) is 42.0. The topological polar surface area (TPSA) is 383 Å². The quantitative estimate of drug-likeness (QED) is 0.0441. The lowest BCUT2D eigenvalue weighted by atomic mass is 9.96. The smallest absolute Gasteiger partial charge is 0.326 e. The Bertz CT molecular complexity index is 2160. The molecule has 71 heavy (non-hydrogen) atoms. The van der Waals surface area contributed by atoms with Crippen LogP contribution in [-0.4, -0.2) is 134 Å². The minimum Gasteiger partial charge on any atom is -0.481 e. The molecular weight excluding hydrogens is 925 g/mol. The van der Waals surface area contributed by atoms with Gasteiger partial charge < -0.3 is 69.0 Å². The van der Waals surface area contributed by atoms with Gasteiger partial charge in [-0.3, -0.25) is 43.2 Å². The van der Waals surface area contributed by atoms with E-state index in [1.807, 2.05) is 24.3 Å². The van der Waals surface area contributed by atoms with Crippen LogP contribution >= 0.6 is 0 Å². The number of aromatic nitrogens is 1. The van der Waals surface area contributed by atoms with E-state index in [1.54, 1.807) is 61.6 Å². The summed E-state index contributed by atoms with van der Waals surface area (Å²) in [5, 5.41) is 47.3. The first-order valence-electron chi connectivity index (χ1n) is 24.1. The van der Waals surface area contributed by atoms with E-state index < -0.39 is 132 Å². The van der Waals surface area contributed by atoms with E-state index in [4.69, 9.17) is 11.5 Å². The molecule has 2 rings (SSSR count). The third kappa shape index (κ3) is 20.3. The number of carbonyl (C=O) groups excluding carboxylic acids is 7. The average Bonchev–Trinajstić information content (AvgIpc) is 3.69. The van der Waals surface area contributed by atoms with Gasteiger partial charge in [-0.25, -0.2) is 4.79 Å². The molecule has 9 atom stereocenters. The second-order valence-corrected chi connectivity index (χ2v) is 19.2. The third-order valence-corrected chi connectivity index (χ3v) is 11.8. The van der Waals surface area contributed by atoms with Crippen molar-refractivity contribution in [1.82, 2.24) is 42.2 Å². The summed E-state index contributed by atoms with van der Waals surface area (Å²) in [6.45, 7) is 13.8. The summed E-state index contributed by atoms with van der Waals surface area (Å²) in [6.07, 6.45) is 1.08. The van der Waals surface area contributed by atoms with Gasteiger partial charge in [0.05, 0.1) is 18.9 Å². The van der Waals surface area contributed by atoms with Gasteiger partial charge in [-0.2, -0.15) is 0 Å². The maximum Gasteiger partial charge on any atom is 0.326 e. The van der Waals surface area contributed by atoms with Crippen LogP contribution in [-0.2, 0) is 54.4 Å². The summed E-state index contributed by atoms with van der Waals surface area (Å²) in [7, 11) is 0. The Balaban J connectivity index is 2.34. The monoisotopic (exact) mass is 1000 g/mol. The molecule has 0 fully saturated rings. The maximum atomic E-state index is 14.1. The van der Waals surface area contributed by atoms with E-state index in [-0.39, 0.29) is 44.1 Å². The number of aromatic amines is 1. The molecule has 1 aromatic heterocycles. The summed E-state index contributed by atoms with van der Waals surface area (Å²) < 4.78 is 0. The van der Waals surface area contributed by atoms with Gasteiger partial charge >= 0.3 is 17.9 Å². The lowest BCUT2D eigenvalue weighted by Crippen LogP contribution is -2.61. The number of fused-ring (bicyclic) bond motifs is 1. The first-order chi connectivity index (χ1) is 33.3. The highest BCUT2D eigenvalue weighted by atomic mass is 16.4. The highest BCUT2D eigenvalue weighted by Gasteiger charge is 2.37. The van der Waals surface area contributed by atoms with Crippen molar-refractivity contribution in [1.29, 1.82) is 0 Å². The molecule has 0 aliphatic rings. The van der Waals surface area contributed by atoms with Crippen LogP contribution in [0, 0.1) is 23.7 Å². The number of benzene rings is 1. The number of carbonyl (C=O) groups is 10. The molecule has 1 aromatic carbocycles. The Hall–Kier alpha value is -6.62. The number of para-hydroxylation sites is 1. The number of nitrogens with one attached hydrogen (secondary N) is 8. The Labute approximate surface area is 413 Å². The summed E-state index contributed by atoms with van der Waals surface area (Å²) in [5.41, 5.74) is 13.7. The molecule has 0 saturated heterocycles. The molecular formula is C48H76N10O13. The van der Waals surface area contributed by atoms with Crippen LogP contribution in [0.25, 0.3) is 10.9 Å². The van der Waals surface area contributed by atoms with Crippen molar-refractivity contribution in [3.05, 3.63) is 36.0 Å². The van der Waals surface area contributed by atoms with Gasteiger partial charge in [0.1, 0.15) is 42.3 Å². The Morgan fingerprint density at radius 3 is 1.56 bits per heavy atom. The number of hydrogen-bond acceptors (Lipinski definition) is 12. The second-order valence-electron chi connectivity index (χ2n) is 19.2. The molecule has 1 heterocycles. The highest BCUT2D eigenvalue weighted by molar-refractivity contribution is 5.99. The number of hydrogen-bond donors (Lipinski definition) is 13. The van der Waals surface area contributed by atoms with Crippen molar-refractivity contribution in [2.24, 2.45) is 35.1 Å². The van der Waals surface area contributed by atoms with Crippen LogP contribution in [0.15, 0.2) is 30.5 Å². The minimum absolute atomic E-state index is 0.00483. The number of amides is 7. The van der Waals surface area contributed by atoms with Crippen molar-refractivity contribution in [2.45, 2.75) is 162 Å². The van der Waals surface area contributed by atoms with E-state index in [1.165, 1.54) is 0 Å². The average molecular weight is 1000 g/mol. The minimum atomic E-state index is -1.84. The van der Waals surface area contributed by atoms with Crippen molar-refractivity contribution in [3.8, 4) is 0 Å². The lowest BCUT2D eigenvalue weighted by Gasteiger charge is -2.30. The zero-order chi connectivity index (χ0) is 53.7. The highest BCUT2D eigenvalue weighted by Crippen LogP contribution is 2.19. The van der Waals surface area contributed by atoms with Gasteiger partial charge in [0, 0.05) is 17.1 Å².